The van der Waals surface area contributed by atoms with Gasteiger partial charge in [-0.1, -0.05) is 48.5 Å². The van der Waals surface area contributed by atoms with Gasteiger partial charge in [-0.2, -0.15) is 0 Å². The summed E-state index contributed by atoms with van der Waals surface area (Å²) in [6.07, 6.45) is 6.50. The molecule has 5 aromatic heterocycles. The smallest absolute Gasteiger partial charge is 0.146 e. The van der Waals surface area contributed by atoms with Crippen LogP contribution in [0.15, 0.2) is 116 Å². The minimum absolute atomic E-state index is 0.883. The molecule has 10 rings (SSSR count). The number of nitrogens with zero attached hydrogens (tertiary/aromatic N) is 5. The second kappa shape index (κ2) is 7.55. The Morgan fingerprint density at radius 2 is 1.54 bits per heavy atom. The molecule has 5 heterocycles. The lowest BCUT2D eigenvalue weighted by atomic mass is 9.99. The standard InChI is InChI=1S/C36H21N5/c1-2-8-22(9-3-1)40-31-13-12-24-23-10-5-4-7-21(23)17-25(24)34(31)28-18-27-26(19-33(28)40)35-32(11-6-15-38-35)41-30-14-16-37-20-29(30)39-36(27)41/h1-16,18-20H,17H2. The van der Waals surface area contributed by atoms with Gasteiger partial charge in [0, 0.05) is 39.6 Å². The Morgan fingerprint density at radius 1 is 0.634 bits per heavy atom. The Bertz CT molecular complexity index is 2550. The fourth-order valence-corrected chi connectivity index (χ4v) is 7.17. The fraction of sp³-hybridized carbons (Fsp3) is 0.0278. The molecule has 0 unspecified atom stereocenters. The monoisotopic (exact) mass is 523 g/mol. The summed E-state index contributed by atoms with van der Waals surface area (Å²) in [6.45, 7) is 0. The van der Waals surface area contributed by atoms with Crippen molar-refractivity contribution in [1.29, 1.82) is 0 Å². The van der Waals surface area contributed by atoms with Crippen LogP contribution in [0, 0.1) is 0 Å². The topological polar surface area (TPSA) is 48.0 Å². The summed E-state index contributed by atoms with van der Waals surface area (Å²) in [5.41, 5.74) is 13.9. The molecular weight excluding hydrogens is 502 g/mol. The van der Waals surface area contributed by atoms with E-state index in [1.165, 1.54) is 44.1 Å². The zero-order chi connectivity index (χ0) is 26.7. The third-order valence-corrected chi connectivity index (χ3v) is 8.85. The number of pyridine rings is 3. The number of rotatable bonds is 1. The van der Waals surface area contributed by atoms with Crippen molar-refractivity contribution >= 4 is 60.3 Å². The zero-order valence-corrected chi connectivity index (χ0v) is 21.9. The van der Waals surface area contributed by atoms with E-state index in [1.54, 1.807) is 0 Å². The third kappa shape index (κ3) is 2.68. The predicted octanol–water partition coefficient (Wildman–Crippen LogP) is 8.25. The summed E-state index contributed by atoms with van der Waals surface area (Å²) >= 11 is 0. The molecule has 9 aromatic rings. The molecule has 0 saturated heterocycles. The first-order chi connectivity index (χ1) is 20.3. The highest BCUT2D eigenvalue weighted by molar-refractivity contribution is 6.22. The highest BCUT2D eigenvalue weighted by Gasteiger charge is 2.25. The largest absolute Gasteiger partial charge is 0.309 e. The SMILES string of the molecule is c1ccc(-n2c3cc4c(cc3c3c5c(ccc32)-c2ccccc2C5)c2nc3cnccc3n2c2cccnc42)cc1. The first kappa shape index (κ1) is 21.3. The molecule has 0 bridgehead atoms. The maximum atomic E-state index is 5.12. The molecule has 1 aliphatic rings. The second-order valence-electron chi connectivity index (χ2n) is 10.9. The van der Waals surface area contributed by atoms with Gasteiger partial charge in [0.15, 0.2) is 0 Å². The Labute approximate surface area is 234 Å². The molecule has 5 heteroatoms. The van der Waals surface area contributed by atoms with Gasteiger partial charge < -0.3 is 4.57 Å². The Kier molecular flexibility index (Phi) is 3.92. The molecule has 5 nitrogen and oxygen atoms in total. The van der Waals surface area contributed by atoms with Crippen LogP contribution < -0.4 is 0 Å². The van der Waals surface area contributed by atoms with Crippen molar-refractivity contribution < 1.29 is 0 Å². The van der Waals surface area contributed by atoms with E-state index in [9.17, 15) is 0 Å². The van der Waals surface area contributed by atoms with Gasteiger partial charge in [-0.25, -0.2) is 4.98 Å². The number of benzene rings is 4. The number of aromatic nitrogens is 5. The van der Waals surface area contributed by atoms with E-state index in [0.717, 1.165) is 50.6 Å². The molecule has 4 aromatic carbocycles. The molecule has 0 aliphatic heterocycles. The van der Waals surface area contributed by atoms with Crippen LogP contribution in [-0.2, 0) is 6.42 Å². The van der Waals surface area contributed by atoms with Gasteiger partial charge in [-0.3, -0.25) is 14.4 Å². The van der Waals surface area contributed by atoms with Crippen molar-refractivity contribution in [3.63, 3.8) is 0 Å². The number of imidazole rings is 1. The van der Waals surface area contributed by atoms with E-state index in [2.05, 4.69) is 98.9 Å². The van der Waals surface area contributed by atoms with Gasteiger partial charge in [0.25, 0.3) is 0 Å². The van der Waals surface area contributed by atoms with Crippen molar-refractivity contribution in [3.05, 3.63) is 127 Å². The fourth-order valence-electron chi connectivity index (χ4n) is 7.17. The van der Waals surface area contributed by atoms with Crippen molar-refractivity contribution in [3.8, 4) is 16.8 Å². The van der Waals surface area contributed by atoms with Gasteiger partial charge in [-0.05, 0) is 77.2 Å². The van der Waals surface area contributed by atoms with Gasteiger partial charge in [0.2, 0.25) is 0 Å². The normalized spacial score (nSPS) is 12.8. The summed E-state index contributed by atoms with van der Waals surface area (Å²) in [6, 6.07) is 35.0. The first-order valence-corrected chi connectivity index (χ1v) is 13.9. The summed E-state index contributed by atoms with van der Waals surface area (Å²) in [5, 5.41) is 4.75. The minimum Gasteiger partial charge on any atom is -0.309 e. The van der Waals surface area contributed by atoms with Crippen LogP contribution in [0.2, 0.25) is 0 Å². The average Bonchev–Trinajstić information content (AvgIpc) is 3.70. The van der Waals surface area contributed by atoms with Gasteiger partial charge in [0.1, 0.15) is 11.2 Å². The highest BCUT2D eigenvalue weighted by atomic mass is 15.0. The average molecular weight is 524 g/mol. The molecule has 0 saturated carbocycles. The molecule has 0 radical (unpaired) electrons. The van der Waals surface area contributed by atoms with E-state index < -0.39 is 0 Å². The van der Waals surface area contributed by atoms with Gasteiger partial charge in [0.05, 0.1) is 33.8 Å². The Morgan fingerprint density at radius 3 is 2.49 bits per heavy atom. The number of fused-ring (bicyclic) bond motifs is 15. The number of para-hydroxylation sites is 1. The first-order valence-electron chi connectivity index (χ1n) is 13.9. The van der Waals surface area contributed by atoms with Gasteiger partial charge >= 0.3 is 0 Å². The van der Waals surface area contributed by atoms with Crippen LogP contribution in [0.3, 0.4) is 0 Å². The van der Waals surface area contributed by atoms with Crippen LogP contribution in [0.1, 0.15) is 11.1 Å². The molecule has 0 N–H and O–H groups in total. The predicted molar refractivity (Wildman–Crippen MR) is 166 cm³/mol. The van der Waals surface area contributed by atoms with Crippen LogP contribution in [0.5, 0.6) is 0 Å². The lowest BCUT2D eigenvalue weighted by Crippen LogP contribution is -1.95. The van der Waals surface area contributed by atoms with E-state index in [-0.39, 0.29) is 0 Å². The van der Waals surface area contributed by atoms with Crippen molar-refractivity contribution in [2.75, 3.05) is 0 Å². The molecule has 41 heavy (non-hydrogen) atoms. The van der Waals surface area contributed by atoms with Crippen LogP contribution in [0.25, 0.3) is 77.1 Å². The maximum Gasteiger partial charge on any atom is 0.146 e. The van der Waals surface area contributed by atoms with E-state index in [4.69, 9.17) is 9.97 Å². The van der Waals surface area contributed by atoms with Gasteiger partial charge in [-0.15, -0.1) is 0 Å². The van der Waals surface area contributed by atoms with Crippen LogP contribution in [-0.4, -0.2) is 23.9 Å². The van der Waals surface area contributed by atoms with Crippen molar-refractivity contribution in [2.45, 2.75) is 6.42 Å². The van der Waals surface area contributed by atoms with Crippen molar-refractivity contribution in [2.24, 2.45) is 0 Å². The Balaban J connectivity index is 1.45. The molecule has 0 amide bonds. The van der Waals surface area contributed by atoms with Crippen LogP contribution >= 0.6 is 0 Å². The summed E-state index contributed by atoms with van der Waals surface area (Å²) < 4.78 is 4.66. The number of hydrogen-bond donors (Lipinski definition) is 0. The number of hydrogen-bond acceptors (Lipinski definition) is 3. The second-order valence-corrected chi connectivity index (χ2v) is 10.9. The van der Waals surface area contributed by atoms with Crippen molar-refractivity contribution in [1.82, 2.24) is 23.9 Å². The summed E-state index contributed by atoms with van der Waals surface area (Å²) in [7, 11) is 0. The molecular formula is C36H21N5. The van der Waals surface area contributed by atoms with E-state index in [1.807, 2.05) is 30.7 Å². The maximum absolute atomic E-state index is 5.12. The molecule has 1 aliphatic carbocycles. The zero-order valence-electron chi connectivity index (χ0n) is 21.9. The molecule has 0 atom stereocenters. The lowest BCUT2D eigenvalue weighted by molar-refractivity contribution is 1.18. The van der Waals surface area contributed by atoms with E-state index in [0.29, 0.717) is 0 Å². The lowest BCUT2D eigenvalue weighted by Gasteiger charge is -2.11. The highest BCUT2D eigenvalue weighted by Crippen LogP contribution is 2.46. The third-order valence-electron chi connectivity index (χ3n) is 8.85. The Hall–Kier alpha value is -5.55. The summed E-state index contributed by atoms with van der Waals surface area (Å²) in [5.74, 6) is 0. The molecule has 0 fully saturated rings. The van der Waals surface area contributed by atoms with E-state index >= 15 is 0 Å². The molecule has 190 valence electrons. The van der Waals surface area contributed by atoms with Crippen LogP contribution in [0.4, 0.5) is 0 Å². The minimum atomic E-state index is 0.883. The molecule has 0 spiro atoms. The quantitative estimate of drug-likeness (QED) is 0.204. The summed E-state index contributed by atoms with van der Waals surface area (Å²) in [4.78, 5) is 14.4.